The van der Waals surface area contributed by atoms with Crippen molar-refractivity contribution in [2.75, 3.05) is 11.6 Å². The van der Waals surface area contributed by atoms with Gasteiger partial charge in [0.25, 0.3) is 5.91 Å². The number of benzene rings is 1. The predicted molar refractivity (Wildman–Crippen MR) is 103 cm³/mol. The molecule has 1 amide bonds. The number of nitrogens with one attached hydrogen (secondary N) is 1. The molecule has 0 aliphatic heterocycles. The second-order valence-electron chi connectivity index (χ2n) is 6.60. The van der Waals surface area contributed by atoms with Crippen LogP contribution in [0, 0.1) is 13.8 Å². The maximum absolute atomic E-state index is 12.6. The fourth-order valence-corrected chi connectivity index (χ4v) is 3.16. The lowest BCUT2D eigenvalue weighted by atomic mass is 10.1. The molecule has 8 nitrogen and oxygen atoms in total. The van der Waals surface area contributed by atoms with Gasteiger partial charge in [0.05, 0.1) is 10.5 Å². The van der Waals surface area contributed by atoms with Gasteiger partial charge in [-0.2, -0.15) is 0 Å². The molecule has 0 bridgehead atoms. The second-order valence-corrected chi connectivity index (χ2v) is 8.61. The molecule has 0 spiro atoms. The fourth-order valence-electron chi connectivity index (χ4n) is 2.51. The number of amides is 1. The Morgan fingerprint density at radius 2 is 1.96 bits per heavy atom. The van der Waals surface area contributed by atoms with E-state index in [2.05, 4.69) is 10.5 Å². The highest BCUT2D eigenvalue weighted by molar-refractivity contribution is 7.90. The first-order valence-electron chi connectivity index (χ1n) is 8.87. The summed E-state index contributed by atoms with van der Waals surface area (Å²) in [7, 11) is -3.48. The molecule has 0 fully saturated rings. The summed E-state index contributed by atoms with van der Waals surface area (Å²) in [6.45, 7) is 5.31. The smallest absolute Gasteiger partial charge is 0.339 e. The van der Waals surface area contributed by atoms with Crippen LogP contribution >= 0.6 is 0 Å². The number of ether oxygens (including phenoxy) is 1. The Bertz CT molecular complexity index is 965. The molecule has 0 aliphatic carbocycles. The highest BCUT2D eigenvalue weighted by Crippen LogP contribution is 2.19. The van der Waals surface area contributed by atoms with Gasteiger partial charge in [0, 0.05) is 12.3 Å². The van der Waals surface area contributed by atoms with Crippen LogP contribution in [-0.4, -0.2) is 37.8 Å². The number of unbranched alkanes of at least 4 members (excludes halogenated alkanes) is 1. The quantitative estimate of drug-likeness (QED) is 0.667. The van der Waals surface area contributed by atoms with Gasteiger partial charge >= 0.3 is 5.97 Å². The Hall–Kier alpha value is -2.68. The topological polar surface area (TPSA) is 116 Å². The normalized spacial score (nSPS) is 12.4. The number of hydrogen-bond acceptors (Lipinski definition) is 7. The van der Waals surface area contributed by atoms with E-state index in [0.29, 0.717) is 24.2 Å². The second kappa shape index (κ2) is 9.01. The molecule has 1 heterocycles. The summed E-state index contributed by atoms with van der Waals surface area (Å²) >= 11 is 0. The molecule has 152 valence electrons. The van der Waals surface area contributed by atoms with Crippen LogP contribution in [0.2, 0.25) is 0 Å². The van der Waals surface area contributed by atoms with Gasteiger partial charge in [-0.15, -0.1) is 0 Å². The number of hydrogen-bond donors (Lipinski definition) is 1. The van der Waals surface area contributed by atoms with E-state index in [1.54, 1.807) is 19.9 Å². The van der Waals surface area contributed by atoms with Crippen LogP contribution in [0.3, 0.4) is 0 Å². The average Bonchev–Trinajstić information content (AvgIpc) is 3.02. The van der Waals surface area contributed by atoms with Crippen LogP contribution in [0.1, 0.15) is 47.9 Å². The molecule has 0 unspecified atom stereocenters. The van der Waals surface area contributed by atoms with Crippen molar-refractivity contribution < 1.29 is 27.3 Å². The molecule has 1 aromatic heterocycles. The molecule has 0 aliphatic rings. The van der Waals surface area contributed by atoms with Gasteiger partial charge in [0.1, 0.15) is 5.76 Å². The molecular formula is C19H24N2O6S. The number of sulfone groups is 1. The minimum absolute atomic E-state index is 0.0117. The van der Waals surface area contributed by atoms with Crippen molar-refractivity contribution in [1.29, 1.82) is 0 Å². The first-order valence-corrected chi connectivity index (χ1v) is 10.8. The van der Waals surface area contributed by atoms with E-state index in [9.17, 15) is 18.0 Å². The van der Waals surface area contributed by atoms with Gasteiger partial charge in [-0.1, -0.05) is 24.6 Å². The Morgan fingerprint density at radius 1 is 1.25 bits per heavy atom. The van der Waals surface area contributed by atoms with Gasteiger partial charge in [-0.05, 0) is 44.4 Å². The summed E-state index contributed by atoms with van der Waals surface area (Å²) in [5, 5.41) is 6.26. The largest absolute Gasteiger partial charge is 0.449 e. The van der Waals surface area contributed by atoms with Crippen molar-refractivity contribution in [3.05, 3.63) is 41.2 Å². The number of rotatable bonds is 8. The third kappa shape index (κ3) is 5.66. The monoisotopic (exact) mass is 408 g/mol. The molecule has 0 radical (unpaired) electrons. The van der Waals surface area contributed by atoms with E-state index >= 15 is 0 Å². The number of aryl methyl sites for hydroxylation is 2. The molecule has 1 N–H and O–H groups in total. The average molecular weight is 408 g/mol. The van der Waals surface area contributed by atoms with Gasteiger partial charge in [-0.25, -0.2) is 13.2 Å². The number of esters is 1. The Kier molecular flexibility index (Phi) is 6.95. The first-order chi connectivity index (χ1) is 13.1. The van der Waals surface area contributed by atoms with Crippen LogP contribution < -0.4 is 5.32 Å². The highest BCUT2D eigenvalue weighted by Gasteiger charge is 2.25. The van der Waals surface area contributed by atoms with Crippen LogP contribution in [0.25, 0.3) is 0 Å². The number of aromatic nitrogens is 1. The van der Waals surface area contributed by atoms with Crippen molar-refractivity contribution >= 4 is 27.5 Å². The zero-order valence-corrected chi connectivity index (χ0v) is 17.1. The molecule has 2 aromatic rings. The van der Waals surface area contributed by atoms with E-state index in [0.717, 1.165) is 12.7 Å². The van der Waals surface area contributed by atoms with E-state index in [1.165, 1.54) is 18.2 Å². The van der Waals surface area contributed by atoms with Crippen LogP contribution in [0.4, 0.5) is 5.82 Å². The lowest BCUT2D eigenvalue weighted by Crippen LogP contribution is -2.33. The summed E-state index contributed by atoms with van der Waals surface area (Å²) in [5.41, 5.74) is 0.661. The number of carbonyl (C=O) groups is 2. The number of nitrogens with zero attached hydrogens (tertiary/aromatic N) is 1. The standard InChI is InChI=1S/C19H24N2O6S/c1-5-6-7-16(18(22)20-17-10-13(3)27-21-17)26-19(23)15-11-14(28(4,24)25)9-8-12(15)2/h8-11,16H,5-7H2,1-4H3,(H,20,21,22)/t16-/m1/s1. The molecular weight excluding hydrogens is 384 g/mol. The Labute approximate surface area is 164 Å². The summed E-state index contributed by atoms with van der Waals surface area (Å²) in [4.78, 5) is 25.2. The van der Waals surface area contributed by atoms with Gasteiger partial charge in [-0.3, -0.25) is 4.79 Å². The molecule has 9 heteroatoms. The summed E-state index contributed by atoms with van der Waals surface area (Å²) < 4.78 is 33.9. The van der Waals surface area contributed by atoms with Crippen LogP contribution in [0.15, 0.2) is 33.7 Å². The van der Waals surface area contributed by atoms with Crippen molar-refractivity contribution in [1.82, 2.24) is 5.16 Å². The minimum atomic E-state index is -3.48. The van der Waals surface area contributed by atoms with Crippen LogP contribution in [-0.2, 0) is 19.4 Å². The lowest BCUT2D eigenvalue weighted by Gasteiger charge is -2.17. The zero-order chi connectivity index (χ0) is 20.9. The van der Waals surface area contributed by atoms with Crippen molar-refractivity contribution in [2.24, 2.45) is 0 Å². The fraction of sp³-hybridized carbons (Fsp3) is 0.421. The molecule has 0 saturated carbocycles. The predicted octanol–water partition coefficient (Wildman–Crippen LogP) is 3.05. The first kappa shape index (κ1) is 21.6. The van der Waals surface area contributed by atoms with Gasteiger partial charge < -0.3 is 14.6 Å². The van der Waals surface area contributed by atoms with E-state index in [1.807, 2.05) is 6.92 Å². The molecule has 28 heavy (non-hydrogen) atoms. The van der Waals surface area contributed by atoms with Crippen molar-refractivity contribution in [3.8, 4) is 0 Å². The molecule has 2 rings (SSSR count). The summed E-state index contributed by atoms with van der Waals surface area (Å²) in [6, 6.07) is 5.78. The molecule has 1 aromatic carbocycles. The maximum atomic E-state index is 12.6. The third-order valence-corrected chi connectivity index (χ3v) is 5.21. The summed E-state index contributed by atoms with van der Waals surface area (Å²) in [5.74, 6) is -0.511. The SMILES string of the molecule is CCCC[C@@H](OC(=O)c1cc(S(C)(=O)=O)ccc1C)C(=O)Nc1cc(C)on1. The molecule has 0 saturated heterocycles. The lowest BCUT2D eigenvalue weighted by molar-refractivity contribution is -0.125. The van der Waals surface area contributed by atoms with Gasteiger partial charge in [0.2, 0.25) is 0 Å². The Balaban J connectivity index is 2.21. The number of carbonyl (C=O) groups excluding carboxylic acids is 2. The zero-order valence-electron chi connectivity index (χ0n) is 16.3. The summed E-state index contributed by atoms with van der Waals surface area (Å²) in [6.07, 6.45) is 1.84. The van der Waals surface area contributed by atoms with Crippen molar-refractivity contribution in [3.63, 3.8) is 0 Å². The van der Waals surface area contributed by atoms with E-state index in [-0.39, 0.29) is 16.3 Å². The Morgan fingerprint density at radius 3 is 2.54 bits per heavy atom. The number of anilines is 1. The molecule has 1 atom stereocenters. The van der Waals surface area contributed by atoms with E-state index < -0.39 is 27.8 Å². The minimum Gasteiger partial charge on any atom is -0.449 e. The highest BCUT2D eigenvalue weighted by atomic mass is 32.2. The van der Waals surface area contributed by atoms with Crippen LogP contribution in [0.5, 0.6) is 0 Å². The van der Waals surface area contributed by atoms with E-state index in [4.69, 9.17) is 9.26 Å². The van der Waals surface area contributed by atoms with Gasteiger partial charge in [0.15, 0.2) is 21.8 Å². The van der Waals surface area contributed by atoms with Crippen molar-refractivity contribution in [2.45, 2.75) is 51.0 Å². The maximum Gasteiger partial charge on any atom is 0.339 e. The third-order valence-electron chi connectivity index (χ3n) is 4.10.